The molecule has 17 heavy (non-hydrogen) atoms. The van der Waals surface area contributed by atoms with Crippen LogP contribution in [0.3, 0.4) is 0 Å². The molecule has 0 amide bonds. The molecule has 1 heterocycles. The van der Waals surface area contributed by atoms with E-state index in [-0.39, 0.29) is 6.42 Å². The van der Waals surface area contributed by atoms with Gasteiger partial charge >= 0.3 is 5.97 Å². The summed E-state index contributed by atoms with van der Waals surface area (Å²) in [7, 11) is 1.64. The number of methoxy groups -OCH3 is 1. The lowest BCUT2D eigenvalue weighted by Gasteiger charge is -2.08. The Kier molecular flexibility index (Phi) is 3.52. The van der Waals surface area contributed by atoms with Gasteiger partial charge in [0.25, 0.3) is 0 Å². The summed E-state index contributed by atoms with van der Waals surface area (Å²) >= 11 is 0. The molecule has 4 nitrogen and oxygen atoms in total. The van der Waals surface area contributed by atoms with Crippen LogP contribution in [0.1, 0.15) is 30.7 Å². The van der Waals surface area contributed by atoms with Crippen LogP contribution in [-0.4, -0.2) is 24.8 Å². The number of fused-ring (bicyclic) bond motifs is 1. The molecule has 0 fully saturated rings. The van der Waals surface area contributed by atoms with Crippen molar-refractivity contribution in [2.45, 2.75) is 25.2 Å². The van der Waals surface area contributed by atoms with Crippen molar-refractivity contribution in [2.75, 3.05) is 13.7 Å². The van der Waals surface area contributed by atoms with Crippen molar-refractivity contribution in [3.63, 3.8) is 0 Å². The van der Waals surface area contributed by atoms with Crippen molar-refractivity contribution in [3.05, 3.63) is 23.8 Å². The summed E-state index contributed by atoms with van der Waals surface area (Å²) in [6.45, 7) is 0.641. The van der Waals surface area contributed by atoms with Crippen molar-refractivity contribution in [1.82, 2.24) is 0 Å². The van der Waals surface area contributed by atoms with Crippen LogP contribution >= 0.6 is 0 Å². The Hall–Kier alpha value is -1.71. The van der Waals surface area contributed by atoms with Gasteiger partial charge in [-0.3, -0.25) is 4.79 Å². The fourth-order valence-corrected chi connectivity index (χ4v) is 2.12. The maximum Gasteiger partial charge on any atom is 0.303 e. The Morgan fingerprint density at radius 3 is 3.12 bits per heavy atom. The second-order valence-corrected chi connectivity index (χ2v) is 4.20. The standard InChI is InChI=1S/C13H16O4/c1-16-10-5-6-12-11(7-10)9(8-17-12)3-2-4-13(14)15/h5-7,9H,2-4,8H2,1H3,(H,14,15). The minimum absolute atomic E-state index is 0.218. The summed E-state index contributed by atoms with van der Waals surface area (Å²) in [5.74, 6) is 1.26. The Morgan fingerprint density at radius 1 is 1.59 bits per heavy atom. The fourth-order valence-electron chi connectivity index (χ4n) is 2.12. The molecule has 0 spiro atoms. The van der Waals surface area contributed by atoms with Crippen molar-refractivity contribution < 1.29 is 19.4 Å². The molecule has 1 aliphatic heterocycles. The summed E-state index contributed by atoms with van der Waals surface area (Å²) in [4.78, 5) is 10.5. The normalized spacial score (nSPS) is 17.4. The molecule has 1 aromatic rings. The van der Waals surface area contributed by atoms with Gasteiger partial charge in [-0.05, 0) is 31.0 Å². The number of hydrogen-bond acceptors (Lipinski definition) is 3. The zero-order valence-corrected chi connectivity index (χ0v) is 9.81. The molecule has 0 saturated carbocycles. The van der Waals surface area contributed by atoms with E-state index in [1.54, 1.807) is 7.11 Å². The van der Waals surface area contributed by atoms with Crippen LogP contribution in [0.4, 0.5) is 0 Å². The minimum atomic E-state index is -0.741. The van der Waals surface area contributed by atoms with Gasteiger partial charge in [0, 0.05) is 17.9 Å². The zero-order chi connectivity index (χ0) is 12.3. The average molecular weight is 236 g/mol. The molecule has 1 unspecified atom stereocenters. The highest BCUT2D eigenvalue weighted by molar-refractivity contribution is 5.66. The van der Waals surface area contributed by atoms with E-state index < -0.39 is 5.97 Å². The molecule has 1 N–H and O–H groups in total. The van der Waals surface area contributed by atoms with Crippen LogP contribution in [0.15, 0.2) is 18.2 Å². The van der Waals surface area contributed by atoms with E-state index in [1.165, 1.54) is 0 Å². The Bertz CT molecular complexity index is 414. The highest BCUT2D eigenvalue weighted by atomic mass is 16.5. The van der Waals surface area contributed by atoms with Crippen LogP contribution in [-0.2, 0) is 4.79 Å². The van der Waals surface area contributed by atoms with Crippen LogP contribution in [0.25, 0.3) is 0 Å². The molecule has 0 saturated heterocycles. The van der Waals surface area contributed by atoms with E-state index in [2.05, 4.69) is 0 Å². The zero-order valence-electron chi connectivity index (χ0n) is 9.81. The molecular weight excluding hydrogens is 220 g/mol. The lowest BCUT2D eigenvalue weighted by atomic mass is 9.95. The third kappa shape index (κ3) is 2.70. The van der Waals surface area contributed by atoms with Gasteiger partial charge in [-0.25, -0.2) is 0 Å². The van der Waals surface area contributed by atoms with Crippen molar-refractivity contribution in [2.24, 2.45) is 0 Å². The first-order chi connectivity index (χ1) is 8.20. The van der Waals surface area contributed by atoms with Gasteiger partial charge in [-0.1, -0.05) is 0 Å². The first-order valence-electron chi connectivity index (χ1n) is 5.73. The molecule has 0 aromatic heterocycles. The first kappa shape index (κ1) is 11.8. The Balaban J connectivity index is 2.02. The third-order valence-electron chi connectivity index (χ3n) is 3.04. The number of benzene rings is 1. The molecular formula is C13H16O4. The van der Waals surface area contributed by atoms with Crippen LogP contribution < -0.4 is 9.47 Å². The average Bonchev–Trinajstić information content (AvgIpc) is 2.71. The molecule has 0 bridgehead atoms. The third-order valence-corrected chi connectivity index (χ3v) is 3.04. The lowest BCUT2D eigenvalue weighted by Crippen LogP contribution is -2.02. The van der Waals surface area contributed by atoms with Gasteiger partial charge in [-0.15, -0.1) is 0 Å². The number of carboxylic acids is 1. The van der Waals surface area contributed by atoms with Crippen molar-refractivity contribution >= 4 is 5.97 Å². The summed E-state index contributed by atoms with van der Waals surface area (Å²) in [5, 5.41) is 8.61. The number of rotatable bonds is 5. The molecule has 0 radical (unpaired) electrons. The fraction of sp³-hybridized carbons (Fsp3) is 0.462. The van der Waals surface area contributed by atoms with Gasteiger partial charge in [0.1, 0.15) is 11.5 Å². The lowest BCUT2D eigenvalue weighted by molar-refractivity contribution is -0.137. The summed E-state index contributed by atoms with van der Waals surface area (Å²) < 4.78 is 10.7. The van der Waals surface area contributed by atoms with E-state index >= 15 is 0 Å². The number of carbonyl (C=O) groups is 1. The molecule has 1 aliphatic rings. The highest BCUT2D eigenvalue weighted by Crippen LogP contribution is 2.38. The number of carboxylic acid groups (broad SMARTS) is 1. The van der Waals surface area contributed by atoms with Crippen LogP contribution in [0.2, 0.25) is 0 Å². The van der Waals surface area contributed by atoms with Gasteiger partial charge in [0.2, 0.25) is 0 Å². The van der Waals surface area contributed by atoms with E-state index in [0.717, 1.165) is 23.5 Å². The van der Waals surface area contributed by atoms with Crippen LogP contribution in [0, 0.1) is 0 Å². The molecule has 92 valence electrons. The van der Waals surface area contributed by atoms with E-state index in [1.807, 2.05) is 18.2 Å². The molecule has 0 aliphatic carbocycles. The topological polar surface area (TPSA) is 55.8 Å². The number of ether oxygens (including phenoxy) is 2. The highest BCUT2D eigenvalue weighted by Gasteiger charge is 2.24. The van der Waals surface area contributed by atoms with Gasteiger partial charge in [0.05, 0.1) is 13.7 Å². The van der Waals surface area contributed by atoms with E-state index in [9.17, 15) is 4.79 Å². The maximum atomic E-state index is 10.5. The second-order valence-electron chi connectivity index (χ2n) is 4.20. The van der Waals surface area contributed by atoms with Crippen molar-refractivity contribution in [1.29, 1.82) is 0 Å². The van der Waals surface area contributed by atoms with E-state index in [4.69, 9.17) is 14.6 Å². The molecule has 2 rings (SSSR count). The maximum absolute atomic E-state index is 10.5. The number of hydrogen-bond donors (Lipinski definition) is 1. The summed E-state index contributed by atoms with van der Waals surface area (Å²) in [6, 6.07) is 5.76. The Morgan fingerprint density at radius 2 is 2.41 bits per heavy atom. The predicted octanol–water partition coefficient (Wildman–Crippen LogP) is 2.43. The molecule has 1 atom stereocenters. The van der Waals surface area contributed by atoms with Gasteiger partial charge in [0.15, 0.2) is 0 Å². The van der Waals surface area contributed by atoms with Crippen molar-refractivity contribution in [3.8, 4) is 11.5 Å². The Labute approximate surface area is 100 Å². The van der Waals surface area contributed by atoms with Gasteiger partial charge < -0.3 is 14.6 Å². The summed E-state index contributed by atoms with van der Waals surface area (Å²) in [5.41, 5.74) is 1.13. The largest absolute Gasteiger partial charge is 0.497 e. The number of aliphatic carboxylic acids is 1. The smallest absolute Gasteiger partial charge is 0.303 e. The molecule has 1 aromatic carbocycles. The first-order valence-corrected chi connectivity index (χ1v) is 5.73. The van der Waals surface area contributed by atoms with Crippen LogP contribution in [0.5, 0.6) is 11.5 Å². The SMILES string of the molecule is COc1ccc2c(c1)C(CCCC(=O)O)CO2. The molecule has 4 heteroatoms. The predicted molar refractivity (Wildman–Crippen MR) is 62.7 cm³/mol. The summed E-state index contributed by atoms with van der Waals surface area (Å²) in [6.07, 6.45) is 1.74. The quantitative estimate of drug-likeness (QED) is 0.853. The minimum Gasteiger partial charge on any atom is -0.497 e. The van der Waals surface area contributed by atoms with E-state index in [0.29, 0.717) is 18.9 Å². The monoisotopic (exact) mass is 236 g/mol. The van der Waals surface area contributed by atoms with Gasteiger partial charge in [-0.2, -0.15) is 0 Å². The second kappa shape index (κ2) is 5.08.